The lowest BCUT2D eigenvalue weighted by Crippen LogP contribution is -2.37. The van der Waals surface area contributed by atoms with Crippen LogP contribution in [0.5, 0.6) is 0 Å². The number of methoxy groups -OCH3 is 1. The van der Waals surface area contributed by atoms with E-state index in [1.54, 1.807) is 26.2 Å². The molecule has 3 heterocycles. The molecule has 9 heteroatoms. The Labute approximate surface area is 225 Å². The van der Waals surface area contributed by atoms with Crippen LogP contribution in [0.25, 0.3) is 0 Å². The summed E-state index contributed by atoms with van der Waals surface area (Å²) < 4.78 is 10.7. The second kappa shape index (κ2) is 13.7. The summed E-state index contributed by atoms with van der Waals surface area (Å²) in [5, 5.41) is 12.8. The van der Waals surface area contributed by atoms with E-state index >= 15 is 0 Å². The molecule has 0 bridgehead atoms. The molecule has 0 radical (unpaired) electrons. The van der Waals surface area contributed by atoms with Crippen LogP contribution in [0.3, 0.4) is 0 Å². The summed E-state index contributed by atoms with van der Waals surface area (Å²) in [6.45, 7) is 10.3. The van der Waals surface area contributed by atoms with Crippen LogP contribution in [0.1, 0.15) is 74.6 Å². The Morgan fingerprint density at radius 3 is 2.43 bits per heavy atom. The number of halogens is 1. The second-order valence-electron chi connectivity index (χ2n) is 9.34. The molecule has 4 rings (SSSR count). The molecule has 0 atom stereocenters. The fourth-order valence-electron chi connectivity index (χ4n) is 4.76. The zero-order chi connectivity index (χ0) is 26.9. The van der Waals surface area contributed by atoms with Crippen LogP contribution >= 0.6 is 11.6 Å². The van der Waals surface area contributed by atoms with E-state index in [0.29, 0.717) is 28.3 Å². The fraction of sp³-hybridized carbons (Fsp3) is 0.571. The highest BCUT2D eigenvalue weighted by molar-refractivity contribution is 6.29. The van der Waals surface area contributed by atoms with Gasteiger partial charge in [-0.05, 0) is 63.6 Å². The standard InChI is InChI=1S/C26H34ClN5O3.C2H6/c1-4-35-26(33)20-14-21(32-10-8-17(9-11-32)15-34-3)23(24(28)18-6-5-7-18)25(31-20)30-19-12-16(2)29-22(27)13-19;1-2/h12-14,17-18,28H,4-11,15H2,1-3H3,(H,29,30,31);1-2H3. The van der Waals surface area contributed by atoms with Gasteiger partial charge in [0.05, 0.1) is 17.9 Å². The van der Waals surface area contributed by atoms with Gasteiger partial charge in [0.1, 0.15) is 11.0 Å². The number of hydrogen-bond acceptors (Lipinski definition) is 8. The molecular formula is C28H40ClN5O3. The van der Waals surface area contributed by atoms with Gasteiger partial charge in [0.15, 0.2) is 5.69 Å². The minimum absolute atomic E-state index is 0.193. The van der Waals surface area contributed by atoms with Crippen molar-refractivity contribution in [2.75, 3.05) is 43.6 Å². The Kier molecular flexibility index (Phi) is 10.7. The predicted molar refractivity (Wildman–Crippen MR) is 150 cm³/mol. The highest BCUT2D eigenvalue weighted by atomic mass is 35.5. The number of nitrogens with one attached hydrogen (secondary N) is 2. The van der Waals surface area contributed by atoms with Crippen molar-refractivity contribution in [3.05, 3.63) is 40.3 Å². The Morgan fingerprint density at radius 1 is 1.16 bits per heavy atom. The molecule has 0 amide bonds. The van der Waals surface area contributed by atoms with Crippen LogP contribution in [0, 0.1) is 24.2 Å². The predicted octanol–water partition coefficient (Wildman–Crippen LogP) is 6.42. The first-order chi connectivity index (χ1) is 17.9. The largest absolute Gasteiger partial charge is 0.461 e. The lowest BCUT2D eigenvalue weighted by molar-refractivity contribution is 0.0519. The maximum atomic E-state index is 12.8. The molecule has 2 N–H and O–H groups in total. The first-order valence-electron chi connectivity index (χ1n) is 13.4. The Morgan fingerprint density at radius 2 is 1.86 bits per heavy atom. The SMILES string of the molecule is CC.CCOC(=O)c1cc(N2CCC(COC)CC2)c(C(=N)C2CCC2)c(Nc2cc(C)nc(Cl)c2)n1. The van der Waals surface area contributed by atoms with E-state index < -0.39 is 5.97 Å². The molecule has 202 valence electrons. The zero-order valence-corrected chi connectivity index (χ0v) is 23.5. The van der Waals surface area contributed by atoms with Crippen LogP contribution in [0.4, 0.5) is 17.2 Å². The van der Waals surface area contributed by atoms with E-state index in [1.807, 2.05) is 26.8 Å². The molecule has 1 aliphatic heterocycles. The number of rotatable bonds is 9. The summed E-state index contributed by atoms with van der Waals surface area (Å²) in [5.74, 6) is 0.704. The summed E-state index contributed by atoms with van der Waals surface area (Å²) in [5.41, 5.74) is 3.87. The molecule has 2 aromatic rings. The van der Waals surface area contributed by atoms with Gasteiger partial charge in [-0.25, -0.2) is 14.8 Å². The molecule has 2 aromatic heterocycles. The number of ether oxygens (including phenoxy) is 2. The lowest BCUT2D eigenvalue weighted by atomic mass is 9.79. The molecule has 37 heavy (non-hydrogen) atoms. The van der Waals surface area contributed by atoms with Crippen molar-refractivity contribution < 1.29 is 14.3 Å². The zero-order valence-electron chi connectivity index (χ0n) is 22.7. The number of hydrogen-bond donors (Lipinski definition) is 2. The van der Waals surface area contributed by atoms with Gasteiger partial charge in [0.25, 0.3) is 0 Å². The topological polar surface area (TPSA) is 100 Å². The van der Waals surface area contributed by atoms with Crippen molar-refractivity contribution in [3.8, 4) is 0 Å². The van der Waals surface area contributed by atoms with Crippen molar-refractivity contribution in [2.24, 2.45) is 11.8 Å². The molecule has 0 aromatic carbocycles. The molecule has 1 aliphatic carbocycles. The van der Waals surface area contributed by atoms with Crippen molar-refractivity contribution >= 4 is 40.5 Å². The average Bonchev–Trinajstić information content (AvgIpc) is 2.84. The molecule has 1 saturated carbocycles. The molecule has 8 nitrogen and oxygen atoms in total. The fourth-order valence-corrected chi connectivity index (χ4v) is 5.01. The maximum Gasteiger partial charge on any atom is 0.357 e. The maximum absolute atomic E-state index is 12.8. The first kappa shape index (κ1) is 28.9. The number of anilines is 3. The van der Waals surface area contributed by atoms with Gasteiger partial charge < -0.3 is 25.1 Å². The molecule has 0 spiro atoms. The average molecular weight is 530 g/mol. The smallest absolute Gasteiger partial charge is 0.357 e. The summed E-state index contributed by atoms with van der Waals surface area (Å²) in [6, 6.07) is 5.39. The van der Waals surface area contributed by atoms with Gasteiger partial charge in [-0.15, -0.1) is 0 Å². The molecule has 1 saturated heterocycles. The number of carbonyl (C=O) groups is 1. The summed E-state index contributed by atoms with van der Waals surface area (Å²) in [4.78, 5) is 24.0. The Hall–Kier alpha value is -2.71. The van der Waals surface area contributed by atoms with Gasteiger partial charge in [-0.2, -0.15) is 0 Å². The first-order valence-corrected chi connectivity index (χ1v) is 13.7. The van der Waals surface area contributed by atoms with E-state index in [-0.39, 0.29) is 18.2 Å². The Bertz CT molecular complexity index is 1060. The van der Waals surface area contributed by atoms with Gasteiger partial charge in [0, 0.05) is 49.8 Å². The van der Waals surface area contributed by atoms with Crippen LogP contribution in [0.15, 0.2) is 18.2 Å². The highest BCUT2D eigenvalue weighted by Crippen LogP contribution is 2.38. The van der Waals surface area contributed by atoms with E-state index in [4.69, 9.17) is 26.5 Å². The molecule has 0 unspecified atom stereocenters. The van der Waals surface area contributed by atoms with Gasteiger partial charge >= 0.3 is 5.97 Å². The molecular weight excluding hydrogens is 490 g/mol. The third kappa shape index (κ3) is 7.20. The van der Waals surface area contributed by atoms with Crippen molar-refractivity contribution in [2.45, 2.75) is 59.8 Å². The number of nitrogens with zero attached hydrogens (tertiary/aromatic N) is 3. The summed E-state index contributed by atoms with van der Waals surface area (Å²) in [6.07, 6.45) is 5.09. The van der Waals surface area contributed by atoms with Crippen molar-refractivity contribution in [3.63, 3.8) is 0 Å². The number of aryl methyl sites for hydroxylation is 1. The minimum Gasteiger partial charge on any atom is -0.461 e. The van der Waals surface area contributed by atoms with Crippen LogP contribution < -0.4 is 10.2 Å². The lowest BCUT2D eigenvalue weighted by Gasteiger charge is -2.36. The number of piperidine rings is 1. The van der Waals surface area contributed by atoms with Crippen LogP contribution in [0.2, 0.25) is 5.15 Å². The van der Waals surface area contributed by atoms with E-state index in [1.165, 1.54) is 0 Å². The second-order valence-corrected chi connectivity index (χ2v) is 9.73. The van der Waals surface area contributed by atoms with Gasteiger partial charge in [-0.1, -0.05) is 31.9 Å². The quantitative estimate of drug-likeness (QED) is 0.220. The van der Waals surface area contributed by atoms with E-state index in [0.717, 1.165) is 68.7 Å². The minimum atomic E-state index is -0.475. The third-order valence-corrected chi connectivity index (χ3v) is 7.00. The summed E-state index contributed by atoms with van der Waals surface area (Å²) in [7, 11) is 1.74. The van der Waals surface area contributed by atoms with Gasteiger partial charge in [0.2, 0.25) is 0 Å². The third-order valence-electron chi connectivity index (χ3n) is 6.81. The van der Waals surface area contributed by atoms with Crippen LogP contribution in [-0.4, -0.2) is 55.1 Å². The normalized spacial score (nSPS) is 15.9. The molecule has 2 aliphatic rings. The number of carbonyl (C=O) groups excluding carboxylic acids is 1. The Balaban J connectivity index is 0.00000186. The molecule has 2 fully saturated rings. The van der Waals surface area contributed by atoms with Crippen molar-refractivity contribution in [1.29, 1.82) is 5.41 Å². The number of aromatic nitrogens is 2. The van der Waals surface area contributed by atoms with Crippen molar-refractivity contribution in [1.82, 2.24) is 9.97 Å². The number of esters is 1. The summed E-state index contributed by atoms with van der Waals surface area (Å²) >= 11 is 6.21. The van der Waals surface area contributed by atoms with E-state index in [9.17, 15) is 4.79 Å². The monoisotopic (exact) mass is 529 g/mol. The van der Waals surface area contributed by atoms with E-state index in [2.05, 4.69) is 20.2 Å². The van der Waals surface area contributed by atoms with Gasteiger partial charge in [-0.3, -0.25) is 0 Å². The van der Waals surface area contributed by atoms with Crippen LogP contribution in [-0.2, 0) is 9.47 Å². The highest BCUT2D eigenvalue weighted by Gasteiger charge is 2.31. The number of pyridine rings is 2.